The minimum atomic E-state index is -5.08. The van der Waals surface area contributed by atoms with Crippen molar-refractivity contribution in [1.82, 2.24) is 24.9 Å². The van der Waals surface area contributed by atoms with Gasteiger partial charge >= 0.3 is 24.3 Å². The number of rotatable bonds is 4. The van der Waals surface area contributed by atoms with E-state index in [2.05, 4.69) is 33.2 Å². The van der Waals surface area contributed by atoms with Gasteiger partial charge in [-0.1, -0.05) is 16.8 Å². The monoisotopic (exact) mass is 580 g/mol. The Morgan fingerprint density at radius 2 is 1.60 bits per heavy atom. The number of alkyl halides is 6. The molecule has 0 saturated carbocycles. The molecule has 17 heteroatoms. The molecule has 2 aromatic heterocycles. The fourth-order valence-corrected chi connectivity index (χ4v) is 3.66. The van der Waals surface area contributed by atoms with Crippen LogP contribution in [0, 0.1) is 6.92 Å². The fourth-order valence-electron chi connectivity index (χ4n) is 3.66. The molecule has 0 atom stereocenters. The standard InChI is InChI=1S/C19H24N6O.2C2HF3O2/c1-13-2-3-18-14(8-13)9-15(19(26)21-18)11-24-6-4-17(5-7-24)25-12-16(10-20)22-23-25;2*3-2(4,5)1(6)7/h2-3,8-9,12,17H,4-7,10-11,20H2,1H3,(H,21,26);2*(H,6,7). The van der Waals surface area contributed by atoms with Crippen LogP contribution >= 0.6 is 0 Å². The Labute approximate surface area is 222 Å². The summed E-state index contributed by atoms with van der Waals surface area (Å²) in [5.74, 6) is -5.51. The Morgan fingerprint density at radius 1 is 1.05 bits per heavy atom. The number of aryl methyl sites for hydroxylation is 1. The first-order valence-corrected chi connectivity index (χ1v) is 11.6. The predicted octanol–water partition coefficient (Wildman–Crippen LogP) is 2.99. The molecule has 0 amide bonds. The van der Waals surface area contributed by atoms with Crippen LogP contribution in [0.3, 0.4) is 0 Å². The number of fused-ring (bicyclic) bond motifs is 1. The van der Waals surface area contributed by atoms with E-state index in [0.29, 0.717) is 19.1 Å². The number of likely N-dealkylation sites (tertiary alicyclic amines) is 1. The highest BCUT2D eigenvalue weighted by molar-refractivity contribution is 5.79. The van der Waals surface area contributed by atoms with Crippen LogP contribution in [0.25, 0.3) is 10.9 Å². The molecule has 3 heterocycles. The molecule has 0 aliphatic carbocycles. The first-order valence-electron chi connectivity index (χ1n) is 11.6. The lowest BCUT2D eigenvalue weighted by Gasteiger charge is -2.31. The number of aromatic nitrogens is 4. The first-order chi connectivity index (χ1) is 18.5. The molecule has 1 fully saturated rings. The van der Waals surface area contributed by atoms with Crippen molar-refractivity contribution in [3.63, 3.8) is 0 Å². The molecule has 4 rings (SSSR count). The SMILES string of the molecule is Cc1ccc2[nH]c(=O)c(CN3CCC(n4cc(CN)nn4)CC3)cc2c1.O=C(O)C(F)(F)F.O=C(O)C(F)(F)F. The topological polar surface area (TPSA) is 167 Å². The van der Waals surface area contributed by atoms with E-state index < -0.39 is 24.3 Å². The van der Waals surface area contributed by atoms with Crippen LogP contribution in [-0.2, 0) is 22.7 Å². The molecule has 40 heavy (non-hydrogen) atoms. The van der Waals surface area contributed by atoms with Crippen molar-refractivity contribution in [3.8, 4) is 0 Å². The smallest absolute Gasteiger partial charge is 0.475 e. The summed E-state index contributed by atoms with van der Waals surface area (Å²) in [5, 5.41) is 23.6. The molecular formula is C23H26F6N6O5. The lowest BCUT2D eigenvalue weighted by molar-refractivity contribution is -0.193. The van der Waals surface area contributed by atoms with Gasteiger partial charge in [-0.3, -0.25) is 9.69 Å². The maximum atomic E-state index is 12.4. The van der Waals surface area contributed by atoms with Crippen molar-refractivity contribution >= 4 is 22.8 Å². The third kappa shape index (κ3) is 9.64. The Balaban J connectivity index is 0.000000333. The van der Waals surface area contributed by atoms with Gasteiger partial charge in [0.25, 0.3) is 5.56 Å². The summed E-state index contributed by atoms with van der Waals surface area (Å²) in [7, 11) is 0. The van der Waals surface area contributed by atoms with Crippen LogP contribution < -0.4 is 11.3 Å². The molecule has 5 N–H and O–H groups in total. The molecule has 3 aromatic rings. The Kier molecular flexibility index (Phi) is 10.8. The van der Waals surface area contributed by atoms with Gasteiger partial charge in [0, 0.05) is 37.3 Å². The summed E-state index contributed by atoms with van der Waals surface area (Å²) >= 11 is 0. The third-order valence-electron chi connectivity index (χ3n) is 5.65. The van der Waals surface area contributed by atoms with Gasteiger partial charge in [0.2, 0.25) is 0 Å². The van der Waals surface area contributed by atoms with E-state index in [1.807, 2.05) is 29.1 Å². The lowest BCUT2D eigenvalue weighted by atomic mass is 10.0. The number of hydrogen-bond acceptors (Lipinski definition) is 7. The van der Waals surface area contributed by atoms with Gasteiger partial charge in [0.05, 0.1) is 17.9 Å². The number of nitrogens with two attached hydrogens (primary N) is 1. The molecule has 0 unspecified atom stereocenters. The molecular weight excluding hydrogens is 554 g/mol. The van der Waals surface area contributed by atoms with Gasteiger partial charge in [-0.2, -0.15) is 26.3 Å². The highest BCUT2D eigenvalue weighted by Gasteiger charge is 2.38. The molecule has 1 aromatic carbocycles. The summed E-state index contributed by atoms with van der Waals surface area (Å²) in [5.41, 5.74) is 9.35. The summed E-state index contributed by atoms with van der Waals surface area (Å²) in [4.78, 5) is 35.5. The third-order valence-corrected chi connectivity index (χ3v) is 5.65. The second kappa shape index (κ2) is 13.4. The Hall–Kier alpha value is -3.99. The van der Waals surface area contributed by atoms with E-state index >= 15 is 0 Å². The number of aliphatic carboxylic acids is 2. The van der Waals surface area contributed by atoms with Gasteiger partial charge in [-0.05, 0) is 43.4 Å². The molecule has 11 nitrogen and oxygen atoms in total. The van der Waals surface area contributed by atoms with Crippen molar-refractivity contribution in [1.29, 1.82) is 0 Å². The maximum absolute atomic E-state index is 12.4. The van der Waals surface area contributed by atoms with E-state index in [4.69, 9.17) is 25.5 Å². The molecule has 0 bridgehead atoms. The second-order valence-corrected chi connectivity index (χ2v) is 8.72. The molecule has 1 aliphatic heterocycles. The number of hydrogen-bond donors (Lipinski definition) is 4. The van der Waals surface area contributed by atoms with Crippen LogP contribution in [0.4, 0.5) is 26.3 Å². The van der Waals surface area contributed by atoms with E-state index in [1.54, 1.807) is 0 Å². The van der Waals surface area contributed by atoms with Gasteiger partial charge in [-0.25, -0.2) is 14.3 Å². The van der Waals surface area contributed by atoms with Gasteiger partial charge < -0.3 is 20.9 Å². The number of nitrogens with zero attached hydrogens (tertiary/aromatic N) is 4. The molecule has 1 aliphatic rings. The quantitative estimate of drug-likeness (QED) is 0.339. The number of aromatic amines is 1. The molecule has 220 valence electrons. The average molecular weight is 580 g/mol. The largest absolute Gasteiger partial charge is 0.490 e. The van der Waals surface area contributed by atoms with Crippen LogP contribution in [0.15, 0.2) is 35.3 Å². The van der Waals surface area contributed by atoms with Gasteiger partial charge in [0.1, 0.15) is 0 Å². The number of piperidine rings is 1. The van der Waals surface area contributed by atoms with Crippen molar-refractivity contribution < 1.29 is 46.1 Å². The number of H-pyrrole nitrogens is 1. The Morgan fingerprint density at radius 3 is 2.08 bits per heavy atom. The first kappa shape index (κ1) is 32.2. The summed E-state index contributed by atoms with van der Waals surface area (Å²) in [6.45, 7) is 5.04. The summed E-state index contributed by atoms with van der Waals surface area (Å²) in [6.07, 6.45) is -6.23. The number of carbonyl (C=O) groups is 2. The number of nitrogens with one attached hydrogen (secondary N) is 1. The van der Waals surface area contributed by atoms with Crippen LogP contribution in [0.5, 0.6) is 0 Å². The van der Waals surface area contributed by atoms with Crippen molar-refractivity contribution in [3.05, 3.63) is 57.6 Å². The molecule has 0 radical (unpaired) electrons. The normalized spacial score (nSPS) is 14.6. The highest BCUT2D eigenvalue weighted by atomic mass is 19.4. The zero-order valence-electron chi connectivity index (χ0n) is 21.0. The number of benzene rings is 1. The molecule has 0 spiro atoms. The van der Waals surface area contributed by atoms with Crippen LogP contribution in [0.1, 0.15) is 35.7 Å². The second-order valence-electron chi connectivity index (χ2n) is 8.72. The number of pyridine rings is 1. The van der Waals surface area contributed by atoms with Crippen LogP contribution in [-0.4, -0.2) is 72.5 Å². The van der Waals surface area contributed by atoms with Crippen molar-refractivity contribution in [2.45, 2.75) is 51.2 Å². The van der Waals surface area contributed by atoms with Crippen molar-refractivity contribution in [2.75, 3.05) is 13.1 Å². The molecule has 1 saturated heterocycles. The minimum absolute atomic E-state index is 0.00680. The zero-order valence-corrected chi connectivity index (χ0v) is 21.0. The lowest BCUT2D eigenvalue weighted by Crippen LogP contribution is -2.35. The van der Waals surface area contributed by atoms with Crippen LogP contribution in [0.2, 0.25) is 0 Å². The van der Waals surface area contributed by atoms with E-state index in [-0.39, 0.29) is 5.56 Å². The summed E-state index contributed by atoms with van der Waals surface area (Å²) < 4.78 is 65.4. The summed E-state index contributed by atoms with van der Waals surface area (Å²) in [6, 6.07) is 8.48. The van der Waals surface area contributed by atoms with Gasteiger partial charge in [0.15, 0.2) is 0 Å². The Bertz CT molecular complexity index is 1340. The number of carboxylic acids is 2. The van der Waals surface area contributed by atoms with Crippen molar-refractivity contribution in [2.24, 2.45) is 5.73 Å². The maximum Gasteiger partial charge on any atom is 0.490 e. The highest BCUT2D eigenvalue weighted by Crippen LogP contribution is 2.23. The fraction of sp³-hybridized carbons (Fsp3) is 0.435. The van der Waals surface area contributed by atoms with E-state index in [0.717, 1.165) is 48.1 Å². The average Bonchev–Trinajstić information content (AvgIpc) is 3.34. The van der Waals surface area contributed by atoms with E-state index in [9.17, 15) is 31.1 Å². The number of carboxylic acid groups (broad SMARTS) is 2. The number of halogens is 6. The predicted molar refractivity (Wildman–Crippen MR) is 128 cm³/mol. The van der Waals surface area contributed by atoms with Gasteiger partial charge in [-0.15, -0.1) is 5.10 Å². The zero-order chi connectivity index (χ0) is 30.3. The minimum Gasteiger partial charge on any atom is -0.475 e. The van der Waals surface area contributed by atoms with E-state index in [1.165, 1.54) is 5.56 Å².